The Morgan fingerprint density at radius 2 is 1.02 bits per heavy atom. The summed E-state index contributed by atoms with van der Waals surface area (Å²) in [4.78, 5) is 0. The Hall–Kier alpha value is -4.88. The molecule has 0 amide bonds. The lowest BCUT2D eigenvalue weighted by Crippen LogP contribution is -2.25. The van der Waals surface area contributed by atoms with Gasteiger partial charge in [-0.25, -0.2) is 0 Å². The molecule has 8 aromatic rings. The van der Waals surface area contributed by atoms with Crippen molar-refractivity contribution in [3.63, 3.8) is 0 Å². The molecular formula is C47H43N. The van der Waals surface area contributed by atoms with Crippen LogP contribution in [0.1, 0.15) is 76.3 Å². The smallest absolute Gasteiger partial charge is 0.0544 e. The predicted octanol–water partition coefficient (Wildman–Crippen LogP) is 13.7. The Balaban J connectivity index is 1.36. The average molecular weight is 622 g/mol. The summed E-state index contributed by atoms with van der Waals surface area (Å²) in [6.07, 6.45) is 10.00. The summed E-state index contributed by atoms with van der Waals surface area (Å²) in [6, 6.07) is 48.4. The van der Waals surface area contributed by atoms with Crippen molar-refractivity contribution in [2.75, 3.05) is 0 Å². The number of hydrogen-bond acceptors (Lipinski definition) is 0. The summed E-state index contributed by atoms with van der Waals surface area (Å²) < 4.78 is 2.56. The third-order valence-electron chi connectivity index (χ3n) is 11.5. The SMILES string of the molecule is CCCCCC1(CCCCC)c2ccccc2-c2ccc3c(c21)c1ccccc1n3-c1ccc2c3ccccc3c3ccccc3c2c1. The number of fused-ring (bicyclic) bond motifs is 13. The van der Waals surface area contributed by atoms with E-state index in [4.69, 9.17) is 0 Å². The first kappa shape index (κ1) is 29.3. The minimum absolute atomic E-state index is 0.0310. The number of unbranched alkanes of at least 4 members (excludes halogenated alkanes) is 4. The molecule has 1 aromatic heterocycles. The third-order valence-corrected chi connectivity index (χ3v) is 11.5. The van der Waals surface area contributed by atoms with Gasteiger partial charge in [0.2, 0.25) is 0 Å². The van der Waals surface area contributed by atoms with Crippen LogP contribution >= 0.6 is 0 Å². The Kier molecular flexibility index (Phi) is 7.12. The van der Waals surface area contributed by atoms with Crippen LogP contribution in [0.5, 0.6) is 0 Å². The second-order valence-electron chi connectivity index (χ2n) is 14.1. The van der Waals surface area contributed by atoms with E-state index in [9.17, 15) is 0 Å². The second kappa shape index (κ2) is 11.7. The van der Waals surface area contributed by atoms with Crippen LogP contribution in [0.4, 0.5) is 0 Å². The average Bonchev–Trinajstić information content (AvgIpc) is 3.62. The van der Waals surface area contributed by atoms with Crippen LogP contribution in [0, 0.1) is 0 Å². The fraction of sp³-hybridized carbons (Fsp3) is 0.234. The van der Waals surface area contributed by atoms with E-state index in [0.717, 1.165) is 0 Å². The molecule has 0 atom stereocenters. The first-order valence-corrected chi connectivity index (χ1v) is 18.3. The van der Waals surface area contributed by atoms with Crippen LogP contribution in [0.2, 0.25) is 0 Å². The lowest BCUT2D eigenvalue weighted by molar-refractivity contribution is 0.408. The van der Waals surface area contributed by atoms with Crippen LogP contribution < -0.4 is 0 Å². The zero-order valence-electron chi connectivity index (χ0n) is 28.2. The fourth-order valence-corrected chi connectivity index (χ4v) is 9.36. The molecule has 0 N–H and O–H groups in total. The highest BCUT2D eigenvalue weighted by Gasteiger charge is 2.44. The summed E-state index contributed by atoms with van der Waals surface area (Å²) in [6.45, 7) is 4.67. The summed E-state index contributed by atoms with van der Waals surface area (Å²) >= 11 is 0. The molecule has 0 spiro atoms. The van der Waals surface area contributed by atoms with E-state index in [1.54, 1.807) is 11.1 Å². The highest BCUT2D eigenvalue weighted by atomic mass is 15.0. The van der Waals surface area contributed by atoms with Gasteiger partial charge in [-0.3, -0.25) is 0 Å². The second-order valence-corrected chi connectivity index (χ2v) is 14.1. The molecule has 0 fully saturated rings. The molecule has 0 aliphatic heterocycles. The Morgan fingerprint density at radius 1 is 0.458 bits per heavy atom. The molecule has 236 valence electrons. The topological polar surface area (TPSA) is 4.93 Å². The summed E-state index contributed by atoms with van der Waals surface area (Å²) in [5, 5.41) is 10.7. The molecule has 1 heteroatoms. The normalized spacial score (nSPS) is 13.6. The summed E-state index contributed by atoms with van der Waals surface area (Å²) in [7, 11) is 0. The maximum absolute atomic E-state index is 2.56. The van der Waals surface area contributed by atoms with Crippen LogP contribution in [-0.4, -0.2) is 4.57 Å². The molecule has 1 heterocycles. The number of aromatic nitrogens is 1. The molecule has 0 saturated carbocycles. The summed E-state index contributed by atoms with van der Waals surface area (Å²) in [5.74, 6) is 0. The van der Waals surface area contributed by atoms with Gasteiger partial charge in [-0.1, -0.05) is 156 Å². The first-order chi connectivity index (χ1) is 23.7. The molecule has 1 aliphatic carbocycles. The van der Waals surface area contributed by atoms with Gasteiger partial charge in [0.1, 0.15) is 0 Å². The van der Waals surface area contributed by atoms with Crippen LogP contribution in [-0.2, 0) is 5.41 Å². The molecular weight excluding hydrogens is 579 g/mol. The number of para-hydroxylation sites is 1. The van der Waals surface area contributed by atoms with Crippen LogP contribution in [0.25, 0.3) is 70.9 Å². The van der Waals surface area contributed by atoms with Gasteiger partial charge in [0.25, 0.3) is 0 Å². The van der Waals surface area contributed by atoms with Crippen molar-refractivity contribution in [1.29, 1.82) is 0 Å². The van der Waals surface area contributed by atoms with Crippen LogP contribution in [0.3, 0.4) is 0 Å². The number of hydrogen-bond donors (Lipinski definition) is 0. The van der Waals surface area contributed by atoms with Crippen molar-refractivity contribution in [3.05, 3.63) is 139 Å². The molecule has 9 rings (SSSR count). The van der Waals surface area contributed by atoms with Gasteiger partial charge in [-0.15, -0.1) is 0 Å². The summed E-state index contributed by atoms with van der Waals surface area (Å²) in [5.41, 5.74) is 9.91. The maximum Gasteiger partial charge on any atom is 0.0544 e. The highest BCUT2D eigenvalue weighted by Crippen LogP contribution is 2.57. The fourth-order valence-electron chi connectivity index (χ4n) is 9.36. The molecule has 0 unspecified atom stereocenters. The van der Waals surface area contributed by atoms with E-state index < -0.39 is 0 Å². The lowest BCUT2D eigenvalue weighted by Gasteiger charge is -2.33. The standard InChI is InChI=1S/C47H43N/c1-3-5-15-29-47(30-16-6-4-2)42-23-13-11-21-38(42)39-27-28-44-45(46(39)47)40-22-12-14-24-43(40)48(44)32-25-26-37-35-19-8-7-17-33(35)34-18-9-10-20-36(34)41(37)31-32/h7-14,17-28,31H,3-6,15-16,29-30H2,1-2H3. The third kappa shape index (κ3) is 4.23. The zero-order valence-corrected chi connectivity index (χ0v) is 28.2. The largest absolute Gasteiger partial charge is 0.309 e. The predicted molar refractivity (Wildman–Crippen MR) is 208 cm³/mol. The van der Waals surface area contributed by atoms with Gasteiger partial charge < -0.3 is 4.57 Å². The molecule has 0 radical (unpaired) electrons. The minimum Gasteiger partial charge on any atom is -0.309 e. The lowest BCUT2D eigenvalue weighted by atomic mass is 9.69. The molecule has 1 aliphatic rings. The maximum atomic E-state index is 2.56. The van der Waals surface area contributed by atoms with Gasteiger partial charge in [0.15, 0.2) is 0 Å². The van der Waals surface area contributed by atoms with Gasteiger partial charge in [-0.2, -0.15) is 0 Å². The van der Waals surface area contributed by atoms with Crippen molar-refractivity contribution < 1.29 is 0 Å². The van der Waals surface area contributed by atoms with Crippen molar-refractivity contribution in [2.45, 2.75) is 70.6 Å². The van der Waals surface area contributed by atoms with E-state index in [1.165, 1.54) is 122 Å². The molecule has 48 heavy (non-hydrogen) atoms. The molecule has 7 aromatic carbocycles. The van der Waals surface area contributed by atoms with E-state index in [0.29, 0.717) is 0 Å². The van der Waals surface area contributed by atoms with E-state index in [2.05, 4.69) is 146 Å². The number of nitrogens with zero attached hydrogens (tertiary/aromatic N) is 1. The monoisotopic (exact) mass is 621 g/mol. The Morgan fingerprint density at radius 3 is 1.69 bits per heavy atom. The first-order valence-electron chi connectivity index (χ1n) is 18.3. The Labute approximate surface area is 283 Å². The molecule has 0 saturated heterocycles. The van der Waals surface area contributed by atoms with Crippen molar-refractivity contribution >= 4 is 54.1 Å². The van der Waals surface area contributed by atoms with Crippen molar-refractivity contribution in [1.82, 2.24) is 4.57 Å². The number of benzene rings is 7. The van der Waals surface area contributed by atoms with E-state index in [1.807, 2.05) is 0 Å². The quantitative estimate of drug-likeness (QED) is 0.112. The molecule has 0 bridgehead atoms. The zero-order chi connectivity index (χ0) is 32.2. The van der Waals surface area contributed by atoms with Gasteiger partial charge in [-0.05, 0) is 91.7 Å². The van der Waals surface area contributed by atoms with E-state index >= 15 is 0 Å². The highest BCUT2D eigenvalue weighted by molar-refractivity contribution is 6.25. The van der Waals surface area contributed by atoms with Crippen LogP contribution in [0.15, 0.2) is 127 Å². The van der Waals surface area contributed by atoms with Gasteiger partial charge in [0, 0.05) is 21.9 Å². The van der Waals surface area contributed by atoms with Crippen molar-refractivity contribution in [2.24, 2.45) is 0 Å². The van der Waals surface area contributed by atoms with E-state index in [-0.39, 0.29) is 5.41 Å². The molecule has 1 nitrogen and oxygen atoms in total. The van der Waals surface area contributed by atoms with Crippen molar-refractivity contribution in [3.8, 4) is 16.8 Å². The Bertz CT molecular complexity index is 2450. The van der Waals surface area contributed by atoms with Gasteiger partial charge in [0.05, 0.1) is 11.0 Å². The minimum atomic E-state index is 0.0310. The van der Waals surface area contributed by atoms with Gasteiger partial charge >= 0.3 is 0 Å². The number of rotatable bonds is 9.